The lowest BCUT2D eigenvalue weighted by Gasteiger charge is -2.16. The van der Waals surface area contributed by atoms with Crippen molar-refractivity contribution < 1.29 is 26.7 Å². The molecule has 1 amide bonds. The van der Waals surface area contributed by atoms with Crippen molar-refractivity contribution in [2.45, 2.75) is 31.9 Å². The molecule has 0 radical (unpaired) electrons. The molecule has 2 heterocycles. The van der Waals surface area contributed by atoms with E-state index in [9.17, 15) is 26.7 Å². The maximum atomic E-state index is 13.2. The molecule has 2 aromatic heterocycles. The first-order chi connectivity index (χ1) is 12.5. The highest BCUT2D eigenvalue weighted by atomic mass is 35.5. The molecule has 0 aliphatic rings. The third-order valence-corrected chi connectivity index (χ3v) is 3.70. The van der Waals surface area contributed by atoms with E-state index >= 15 is 0 Å². The van der Waals surface area contributed by atoms with Crippen LogP contribution in [0.3, 0.4) is 0 Å². The number of hydrogen-bond donors (Lipinski definition) is 2. The van der Waals surface area contributed by atoms with Crippen LogP contribution in [-0.2, 0) is 6.18 Å². The Morgan fingerprint density at radius 2 is 1.86 bits per heavy atom. The lowest BCUT2D eigenvalue weighted by Crippen LogP contribution is -2.41. The number of nitrogens with zero attached hydrogens (tertiary/aromatic N) is 3. The van der Waals surface area contributed by atoms with Crippen LogP contribution in [0.4, 0.5) is 22.0 Å². The van der Waals surface area contributed by atoms with Crippen LogP contribution in [0.15, 0.2) is 24.5 Å². The van der Waals surface area contributed by atoms with E-state index in [1.807, 2.05) is 0 Å². The van der Waals surface area contributed by atoms with Gasteiger partial charge < -0.3 is 11.1 Å². The monoisotopic (exact) mass is 427 g/mol. The molecule has 28 heavy (non-hydrogen) atoms. The van der Waals surface area contributed by atoms with E-state index < -0.39 is 36.7 Å². The van der Waals surface area contributed by atoms with Crippen LogP contribution in [0.2, 0.25) is 0 Å². The van der Waals surface area contributed by atoms with Crippen molar-refractivity contribution in [3.63, 3.8) is 0 Å². The van der Waals surface area contributed by atoms with Crippen LogP contribution >= 0.6 is 12.4 Å². The molecule has 0 bridgehead atoms. The fourth-order valence-corrected chi connectivity index (χ4v) is 2.33. The second kappa shape index (κ2) is 8.82. The molecule has 0 spiro atoms. The van der Waals surface area contributed by atoms with Crippen molar-refractivity contribution >= 4 is 18.3 Å². The zero-order chi connectivity index (χ0) is 20.4. The molecule has 0 saturated carbocycles. The summed E-state index contributed by atoms with van der Waals surface area (Å²) in [6, 6.07) is 1.96. The fourth-order valence-electron chi connectivity index (χ4n) is 2.33. The number of aromatic nitrogens is 3. The summed E-state index contributed by atoms with van der Waals surface area (Å²) in [6.07, 6.45) is -2.72. The first-order valence-corrected chi connectivity index (χ1v) is 7.94. The Hall–Kier alpha value is -2.27. The zero-order valence-electron chi connectivity index (χ0n) is 14.9. The molecule has 0 aliphatic carbocycles. The first kappa shape index (κ1) is 23.8. The van der Waals surface area contributed by atoms with E-state index in [1.54, 1.807) is 13.8 Å². The molecule has 0 aliphatic heterocycles. The van der Waals surface area contributed by atoms with E-state index in [4.69, 9.17) is 5.73 Å². The highest BCUT2D eigenvalue weighted by Crippen LogP contribution is 2.29. The average Bonchev–Trinajstić information content (AvgIpc) is 3.04. The Labute approximate surface area is 163 Å². The van der Waals surface area contributed by atoms with E-state index in [2.05, 4.69) is 15.4 Å². The summed E-state index contributed by atoms with van der Waals surface area (Å²) >= 11 is 0. The molecule has 2 rings (SSSR count). The molecule has 0 saturated heterocycles. The van der Waals surface area contributed by atoms with Crippen LogP contribution in [0.25, 0.3) is 5.82 Å². The standard InChI is InChI=1S/C16H18F5N5O.ClH/c1-9(2)13-11(14(27)24-8-15(17,18)7-22)6-25-26(13)12-4-3-10(5-23-12)16(19,20)21;/h3-6,9H,7-8,22H2,1-2H3,(H,24,27);1H. The smallest absolute Gasteiger partial charge is 0.346 e. The van der Waals surface area contributed by atoms with Gasteiger partial charge in [-0.25, -0.2) is 18.4 Å². The predicted molar refractivity (Wildman–Crippen MR) is 94.0 cm³/mol. The number of amides is 1. The topological polar surface area (TPSA) is 85.8 Å². The Morgan fingerprint density at radius 3 is 2.32 bits per heavy atom. The Kier molecular flexibility index (Phi) is 7.49. The highest BCUT2D eigenvalue weighted by molar-refractivity contribution is 5.95. The van der Waals surface area contributed by atoms with Gasteiger partial charge in [0.2, 0.25) is 0 Å². The van der Waals surface area contributed by atoms with E-state index in [0.717, 1.165) is 18.3 Å². The van der Waals surface area contributed by atoms with Gasteiger partial charge in [-0.15, -0.1) is 12.4 Å². The quantitative estimate of drug-likeness (QED) is 0.693. The van der Waals surface area contributed by atoms with Gasteiger partial charge >= 0.3 is 6.18 Å². The van der Waals surface area contributed by atoms with Crippen molar-refractivity contribution in [3.05, 3.63) is 41.3 Å². The third kappa shape index (κ3) is 5.38. The SMILES string of the molecule is CC(C)c1c(C(=O)NCC(F)(F)CN)cnn1-c1ccc(C(F)(F)F)cn1.Cl. The van der Waals surface area contributed by atoms with Gasteiger partial charge in [0.05, 0.1) is 36.1 Å². The van der Waals surface area contributed by atoms with Gasteiger partial charge in [-0.05, 0) is 18.1 Å². The minimum atomic E-state index is -4.53. The summed E-state index contributed by atoms with van der Waals surface area (Å²) in [7, 11) is 0. The van der Waals surface area contributed by atoms with E-state index in [1.165, 1.54) is 4.68 Å². The van der Waals surface area contributed by atoms with Gasteiger partial charge in [0, 0.05) is 6.20 Å². The second-order valence-corrected chi connectivity index (χ2v) is 6.16. The Bertz CT molecular complexity index is 805. The van der Waals surface area contributed by atoms with Gasteiger partial charge in [-0.1, -0.05) is 13.8 Å². The minimum Gasteiger partial charge on any atom is -0.346 e. The predicted octanol–water partition coefficient (Wildman–Crippen LogP) is 3.16. The number of nitrogens with one attached hydrogen (secondary N) is 1. The summed E-state index contributed by atoms with van der Waals surface area (Å²) < 4.78 is 65.7. The van der Waals surface area contributed by atoms with E-state index in [0.29, 0.717) is 11.9 Å². The molecule has 0 fully saturated rings. The largest absolute Gasteiger partial charge is 0.417 e. The minimum absolute atomic E-state index is 0. The van der Waals surface area contributed by atoms with Crippen LogP contribution in [0.5, 0.6) is 0 Å². The summed E-state index contributed by atoms with van der Waals surface area (Å²) in [6.45, 7) is 1.59. The highest BCUT2D eigenvalue weighted by Gasteiger charge is 2.31. The summed E-state index contributed by atoms with van der Waals surface area (Å²) in [5.41, 5.74) is 4.36. The third-order valence-electron chi connectivity index (χ3n) is 3.70. The summed E-state index contributed by atoms with van der Waals surface area (Å²) in [4.78, 5) is 16.0. The Balaban J connectivity index is 0.00000392. The molecule has 156 valence electrons. The summed E-state index contributed by atoms with van der Waals surface area (Å²) in [5.74, 6) is -4.26. The summed E-state index contributed by atoms with van der Waals surface area (Å²) in [5, 5.41) is 6.07. The molecule has 6 nitrogen and oxygen atoms in total. The van der Waals surface area contributed by atoms with E-state index in [-0.39, 0.29) is 29.7 Å². The Morgan fingerprint density at radius 1 is 1.21 bits per heavy atom. The molecule has 2 aromatic rings. The van der Waals surface area contributed by atoms with Gasteiger partial charge in [0.1, 0.15) is 0 Å². The normalized spacial score (nSPS) is 12.0. The van der Waals surface area contributed by atoms with Gasteiger partial charge in [-0.3, -0.25) is 4.79 Å². The molecule has 12 heteroatoms. The molecule has 0 unspecified atom stereocenters. The van der Waals surface area contributed by atoms with Crippen LogP contribution in [0, 0.1) is 0 Å². The molecular formula is C16H19ClF5N5O. The van der Waals surface area contributed by atoms with Gasteiger partial charge in [0.15, 0.2) is 5.82 Å². The van der Waals surface area contributed by atoms with Crippen LogP contribution in [0.1, 0.15) is 41.4 Å². The van der Waals surface area contributed by atoms with Crippen LogP contribution < -0.4 is 11.1 Å². The molecular weight excluding hydrogens is 409 g/mol. The first-order valence-electron chi connectivity index (χ1n) is 7.94. The van der Waals surface area contributed by atoms with Crippen molar-refractivity contribution in [2.75, 3.05) is 13.1 Å². The number of halogens is 6. The molecule has 0 aromatic carbocycles. The number of alkyl halides is 5. The van der Waals surface area contributed by atoms with Gasteiger partial charge in [0.25, 0.3) is 11.8 Å². The van der Waals surface area contributed by atoms with Crippen molar-refractivity contribution in [3.8, 4) is 5.82 Å². The second-order valence-electron chi connectivity index (χ2n) is 6.16. The fraction of sp³-hybridized carbons (Fsp3) is 0.438. The number of pyridine rings is 1. The lowest BCUT2D eigenvalue weighted by atomic mass is 10.1. The molecule has 0 atom stereocenters. The maximum absolute atomic E-state index is 13.2. The van der Waals surface area contributed by atoms with Crippen molar-refractivity contribution in [1.29, 1.82) is 0 Å². The van der Waals surface area contributed by atoms with Crippen molar-refractivity contribution in [2.24, 2.45) is 5.73 Å². The number of hydrogen-bond acceptors (Lipinski definition) is 4. The number of rotatable bonds is 6. The average molecular weight is 428 g/mol. The molecule has 3 N–H and O–H groups in total. The number of carbonyl (C=O) groups excluding carboxylic acids is 1. The maximum Gasteiger partial charge on any atom is 0.417 e. The zero-order valence-corrected chi connectivity index (χ0v) is 15.7. The van der Waals surface area contributed by atoms with Crippen molar-refractivity contribution in [1.82, 2.24) is 20.1 Å². The number of nitrogens with two attached hydrogens (primary N) is 1. The van der Waals surface area contributed by atoms with Gasteiger partial charge in [-0.2, -0.15) is 18.3 Å². The van der Waals surface area contributed by atoms with Crippen LogP contribution in [-0.4, -0.2) is 39.7 Å². The lowest BCUT2D eigenvalue weighted by molar-refractivity contribution is -0.137. The number of carbonyl (C=O) groups is 1.